The molecule has 0 unspecified atom stereocenters. The molecule has 2 N–H and O–H groups in total. The smallest absolute Gasteiger partial charge is 0.274 e. The summed E-state index contributed by atoms with van der Waals surface area (Å²) < 4.78 is 0. The van der Waals surface area contributed by atoms with Crippen LogP contribution in [0.3, 0.4) is 0 Å². The summed E-state index contributed by atoms with van der Waals surface area (Å²) in [6.07, 6.45) is 1.30. The Morgan fingerprint density at radius 1 is 1.04 bits per heavy atom. The molecule has 1 aromatic heterocycles. The van der Waals surface area contributed by atoms with E-state index in [4.69, 9.17) is 16.9 Å². The second-order valence-electron chi connectivity index (χ2n) is 5.07. The number of anilines is 3. The zero-order valence-electron chi connectivity index (χ0n) is 12.9. The first-order chi connectivity index (χ1) is 12.1. The van der Waals surface area contributed by atoms with Crippen LogP contribution < -0.4 is 10.6 Å². The van der Waals surface area contributed by atoms with Crippen LogP contribution in [-0.4, -0.2) is 15.9 Å². The number of nitriles is 1. The first-order valence-electron chi connectivity index (χ1n) is 7.30. The predicted octanol–water partition coefficient (Wildman–Crippen LogP) is 4.00. The molecule has 0 aliphatic carbocycles. The van der Waals surface area contributed by atoms with Crippen molar-refractivity contribution in [3.63, 3.8) is 0 Å². The van der Waals surface area contributed by atoms with Crippen molar-refractivity contribution in [3.05, 3.63) is 77.2 Å². The molecule has 0 saturated carbocycles. The Morgan fingerprint density at radius 2 is 1.84 bits per heavy atom. The number of carbonyl (C=O) groups is 1. The van der Waals surface area contributed by atoms with Gasteiger partial charge >= 0.3 is 0 Å². The summed E-state index contributed by atoms with van der Waals surface area (Å²) in [6, 6.07) is 17.4. The van der Waals surface area contributed by atoms with Crippen molar-refractivity contribution in [2.75, 3.05) is 10.6 Å². The van der Waals surface area contributed by atoms with E-state index in [1.54, 1.807) is 48.5 Å². The van der Waals surface area contributed by atoms with E-state index in [1.807, 2.05) is 0 Å². The van der Waals surface area contributed by atoms with Crippen LogP contribution in [0.4, 0.5) is 17.2 Å². The van der Waals surface area contributed by atoms with Gasteiger partial charge in [-0.3, -0.25) is 4.79 Å². The molecule has 1 amide bonds. The van der Waals surface area contributed by atoms with Crippen molar-refractivity contribution in [2.24, 2.45) is 0 Å². The van der Waals surface area contributed by atoms with Crippen LogP contribution in [0.15, 0.2) is 60.9 Å². The van der Waals surface area contributed by atoms with Crippen LogP contribution in [0.5, 0.6) is 0 Å². The molecule has 0 atom stereocenters. The Labute approximate surface area is 149 Å². The van der Waals surface area contributed by atoms with Gasteiger partial charge in [0.2, 0.25) is 0 Å². The van der Waals surface area contributed by atoms with E-state index in [2.05, 4.69) is 26.7 Å². The summed E-state index contributed by atoms with van der Waals surface area (Å²) in [5, 5.41) is 15.2. The minimum Gasteiger partial charge on any atom is -0.340 e. The van der Waals surface area contributed by atoms with E-state index in [-0.39, 0.29) is 11.6 Å². The molecule has 0 saturated heterocycles. The third kappa shape index (κ3) is 4.31. The van der Waals surface area contributed by atoms with Crippen molar-refractivity contribution in [1.82, 2.24) is 9.97 Å². The zero-order chi connectivity index (χ0) is 17.6. The van der Waals surface area contributed by atoms with Crippen LogP contribution in [0.1, 0.15) is 16.1 Å². The maximum atomic E-state index is 12.3. The standard InChI is InChI=1S/C18H12ClN5O/c19-13-4-2-6-15(8-13)24-18(25)16-9-17(22-11-21-16)23-14-5-1-3-12(7-14)10-20/h1-9,11H,(H,24,25)(H,21,22,23). The second kappa shape index (κ2) is 7.43. The number of halogens is 1. The van der Waals surface area contributed by atoms with Gasteiger partial charge in [0.15, 0.2) is 0 Å². The number of benzene rings is 2. The van der Waals surface area contributed by atoms with Crippen LogP contribution in [0.25, 0.3) is 0 Å². The second-order valence-corrected chi connectivity index (χ2v) is 5.51. The largest absolute Gasteiger partial charge is 0.340 e. The first kappa shape index (κ1) is 16.4. The molecule has 6 nitrogen and oxygen atoms in total. The lowest BCUT2D eigenvalue weighted by Crippen LogP contribution is -2.14. The molecule has 7 heteroatoms. The number of hydrogen-bond acceptors (Lipinski definition) is 5. The van der Waals surface area contributed by atoms with E-state index in [1.165, 1.54) is 12.4 Å². The van der Waals surface area contributed by atoms with Gasteiger partial charge < -0.3 is 10.6 Å². The molecule has 25 heavy (non-hydrogen) atoms. The quantitative estimate of drug-likeness (QED) is 0.743. The van der Waals surface area contributed by atoms with Gasteiger partial charge in [0.25, 0.3) is 5.91 Å². The Kier molecular flexibility index (Phi) is 4.88. The van der Waals surface area contributed by atoms with Gasteiger partial charge in [0.1, 0.15) is 17.8 Å². The molecule has 122 valence electrons. The van der Waals surface area contributed by atoms with E-state index in [9.17, 15) is 4.79 Å². The highest BCUT2D eigenvalue weighted by Crippen LogP contribution is 2.18. The molecule has 0 aliphatic heterocycles. The highest BCUT2D eigenvalue weighted by atomic mass is 35.5. The van der Waals surface area contributed by atoms with Crippen LogP contribution in [-0.2, 0) is 0 Å². The summed E-state index contributed by atoms with van der Waals surface area (Å²) in [4.78, 5) is 20.4. The average molecular weight is 350 g/mol. The fourth-order valence-electron chi connectivity index (χ4n) is 2.13. The van der Waals surface area contributed by atoms with Gasteiger partial charge in [-0.1, -0.05) is 23.7 Å². The molecule has 2 aromatic carbocycles. The molecule has 0 radical (unpaired) electrons. The molecule has 3 aromatic rings. The van der Waals surface area contributed by atoms with Crippen molar-refractivity contribution in [1.29, 1.82) is 5.26 Å². The van der Waals surface area contributed by atoms with Crippen molar-refractivity contribution in [3.8, 4) is 6.07 Å². The van der Waals surface area contributed by atoms with Gasteiger partial charge in [-0.25, -0.2) is 9.97 Å². The van der Waals surface area contributed by atoms with Gasteiger partial charge in [-0.05, 0) is 36.4 Å². The van der Waals surface area contributed by atoms with E-state index >= 15 is 0 Å². The summed E-state index contributed by atoms with van der Waals surface area (Å²) in [6.45, 7) is 0. The Morgan fingerprint density at radius 3 is 2.64 bits per heavy atom. The predicted molar refractivity (Wildman–Crippen MR) is 95.9 cm³/mol. The van der Waals surface area contributed by atoms with Crippen molar-refractivity contribution >= 4 is 34.7 Å². The summed E-state index contributed by atoms with van der Waals surface area (Å²) in [7, 11) is 0. The Balaban J connectivity index is 1.76. The third-order valence-corrected chi connectivity index (χ3v) is 3.48. The Bertz CT molecular complexity index is 967. The normalized spacial score (nSPS) is 9.92. The third-order valence-electron chi connectivity index (χ3n) is 3.25. The lowest BCUT2D eigenvalue weighted by molar-refractivity contribution is 0.102. The SMILES string of the molecule is N#Cc1cccc(Nc2cc(C(=O)Nc3cccc(Cl)c3)ncn2)c1. The minimum atomic E-state index is -0.376. The van der Waals surface area contributed by atoms with Crippen LogP contribution in [0, 0.1) is 11.3 Å². The summed E-state index contributed by atoms with van der Waals surface area (Å²) >= 11 is 5.90. The summed E-state index contributed by atoms with van der Waals surface area (Å²) in [5.74, 6) is 0.0693. The maximum absolute atomic E-state index is 12.3. The van der Waals surface area contributed by atoms with Crippen molar-refractivity contribution in [2.45, 2.75) is 0 Å². The van der Waals surface area contributed by atoms with E-state index in [0.29, 0.717) is 27.8 Å². The van der Waals surface area contributed by atoms with E-state index < -0.39 is 0 Å². The van der Waals surface area contributed by atoms with E-state index in [0.717, 1.165) is 0 Å². The lowest BCUT2D eigenvalue weighted by atomic mass is 10.2. The number of nitrogens with one attached hydrogen (secondary N) is 2. The molecular weight excluding hydrogens is 338 g/mol. The van der Waals surface area contributed by atoms with Crippen LogP contribution in [0.2, 0.25) is 5.02 Å². The topological polar surface area (TPSA) is 90.7 Å². The van der Waals surface area contributed by atoms with Crippen molar-refractivity contribution < 1.29 is 4.79 Å². The number of rotatable bonds is 4. The Hall–Kier alpha value is -3.43. The molecule has 0 aliphatic rings. The molecule has 3 rings (SSSR count). The number of amides is 1. The maximum Gasteiger partial charge on any atom is 0.274 e. The van der Waals surface area contributed by atoms with Gasteiger partial charge in [0.05, 0.1) is 11.6 Å². The monoisotopic (exact) mass is 349 g/mol. The number of nitrogens with zero attached hydrogens (tertiary/aromatic N) is 3. The molecular formula is C18H12ClN5O. The lowest BCUT2D eigenvalue weighted by Gasteiger charge is -2.08. The fraction of sp³-hybridized carbons (Fsp3) is 0. The zero-order valence-corrected chi connectivity index (χ0v) is 13.7. The number of hydrogen-bond donors (Lipinski definition) is 2. The van der Waals surface area contributed by atoms with Gasteiger partial charge in [-0.2, -0.15) is 5.26 Å². The summed E-state index contributed by atoms with van der Waals surface area (Å²) in [5.41, 5.74) is 2.00. The van der Waals surface area contributed by atoms with Crippen LogP contribution >= 0.6 is 11.6 Å². The number of aromatic nitrogens is 2. The molecule has 1 heterocycles. The molecule has 0 fully saturated rings. The molecule has 0 spiro atoms. The van der Waals surface area contributed by atoms with Gasteiger partial charge in [-0.15, -0.1) is 0 Å². The highest BCUT2D eigenvalue weighted by Gasteiger charge is 2.10. The van der Waals surface area contributed by atoms with Gasteiger partial charge in [0, 0.05) is 22.5 Å². The number of carbonyl (C=O) groups excluding carboxylic acids is 1. The first-order valence-corrected chi connectivity index (χ1v) is 7.68. The molecule has 0 bridgehead atoms. The average Bonchev–Trinajstić information content (AvgIpc) is 2.62. The minimum absolute atomic E-state index is 0.203. The fourth-order valence-corrected chi connectivity index (χ4v) is 2.32. The highest BCUT2D eigenvalue weighted by molar-refractivity contribution is 6.30.